The molecule has 1 heterocycles. The summed E-state index contributed by atoms with van der Waals surface area (Å²) in [6, 6.07) is 7.76. The fourth-order valence-corrected chi connectivity index (χ4v) is 2.16. The smallest absolute Gasteiger partial charge is 0.221 e. The van der Waals surface area contributed by atoms with E-state index >= 15 is 0 Å². The third-order valence-electron chi connectivity index (χ3n) is 2.16. The lowest BCUT2D eigenvalue weighted by Crippen LogP contribution is -2.00. The van der Waals surface area contributed by atoms with Crippen molar-refractivity contribution in [3.8, 4) is 5.75 Å². The predicted molar refractivity (Wildman–Crippen MR) is 72.6 cm³/mol. The number of nitrogens with two attached hydrogens (primary N) is 2. The zero-order valence-corrected chi connectivity index (χ0v) is 10.8. The quantitative estimate of drug-likeness (QED) is 0.878. The summed E-state index contributed by atoms with van der Waals surface area (Å²) in [4.78, 5) is 9.67. The predicted octanol–water partition coefficient (Wildman–Crippen LogP) is 2.19. The average Bonchev–Trinajstić information content (AvgIpc) is 2.35. The lowest BCUT2D eigenvalue weighted by atomic mass is 10.3. The standard InChI is InChI=1S/C12H14N4OS/c1-2-17-8-3-5-9(6-4-8)18-10-7-15-12(14)16-11(10)13/h3-7H,2H2,1H3,(H4,13,14,15,16). The molecule has 0 unspecified atom stereocenters. The van der Waals surface area contributed by atoms with Crippen LogP contribution in [0.1, 0.15) is 6.92 Å². The summed E-state index contributed by atoms with van der Waals surface area (Å²) in [5.74, 6) is 1.42. The Balaban J connectivity index is 2.13. The van der Waals surface area contributed by atoms with Crippen LogP contribution in [0.3, 0.4) is 0 Å². The number of nitrogen functional groups attached to an aromatic ring is 2. The first-order chi connectivity index (χ1) is 8.69. The Labute approximate surface area is 110 Å². The first-order valence-electron chi connectivity index (χ1n) is 5.47. The molecule has 0 atom stereocenters. The molecule has 4 N–H and O–H groups in total. The van der Waals surface area contributed by atoms with Crippen LogP contribution >= 0.6 is 11.8 Å². The molecule has 0 saturated carbocycles. The topological polar surface area (TPSA) is 87.0 Å². The highest BCUT2D eigenvalue weighted by Gasteiger charge is 2.05. The largest absolute Gasteiger partial charge is 0.494 e. The summed E-state index contributed by atoms with van der Waals surface area (Å²) in [6.07, 6.45) is 1.62. The summed E-state index contributed by atoms with van der Waals surface area (Å²) < 4.78 is 5.38. The van der Waals surface area contributed by atoms with Gasteiger partial charge in [0.05, 0.1) is 11.5 Å². The lowest BCUT2D eigenvalue weighted by molar-refractivity contribution is 0.340. The molecular formula is C12H14N4OS. The van der Waals surface area contributed by atoms with Crippen molar-refractivity contribution in [1.29, 1.82) is 0 Å². The van der Waals surface area contributed by atoms with Crippen molar-refractivity contribution in [3.63, 3.8) is 0 Å². The normalized spacial score (nSPS) is 10.3. The number of nitrogens with zero attached hydrogens (tertiary/aromatic N) is 2. The number of aromatic nitrogens is 2. The number of hydrogen-bond acceptors (Lipinski definition) is 6. The molecule has 0 aliphatic heterocycles. The second-order valence-corrected chi connectivity index (χ2v) is 4.60. The summed E-state index contributed by atoms with van der Waals surface area (Å²) >= 11 is 1.49. The van der Waals surface area contributed by atoms with Crippen LogP contribution in [-0.2, 0) is 0 Å². The Hall–Kier alpha value is -1.95. The SMILES string of the molecule is CCOc1ccc(Sc2cnc(N)nc2N)cc1. The van der Waals surface area contributed by atoms with E-state index in [0.29, 0.717) is 12.4 Å². The average molecular weight is 262 g/mol. The molecule has 2 aromatic rings. The maximum absolute atomic E-state index is 5.77. The van der Waals surface area contributed by atoms with Gasteiger partial charge in [-0.25, -0.2) is 4.98 Å². The van der Waals surface area contributed by atoms with Crippen molar-refractivity contribution in [3.05, 3.63) is 30.5 Å². The van der Waals surface area contributed by atoms with Gasteiger partial charge in [-0.2, -0.15) is 4.98 Å². The summed E-state index contributed by atoms with van der Waals surface area (Å²) in [5.41, 5.74) is 11.2. The van der Waals surface area contributed by atoms with Crippen molar-refractivity contribution in [1.82, 2.24) is 9.97 Å². The van der Waals surface area contributed by atoms with Gasteiger partial charge in [-0.1, -0.05) is 11.8 Å². The van der Waals surface area contributed by atoms with Crippen molar-refractivity contribution in [2.45, 2.75) is 16.7 Å². The van der Waals surface area contributed by atoms with Crippen molar-refractivity contribution in [2.75, 3.05) is 18.1 Å². The first kappa shape index (κ1) is 12.5. The van der Waals surface area contributed by atoms with E-state index in [1.807, 2.05) is 31.2 Å². The minimum Gasteiger partial charge on any atom is -0.494 e. The summed E-state index contributed by atoms with van der Waals surface area (Å²) in [7, 11) is 0. The highest BCUT2D eigenvalue weighted by Crippen LogP contribution is 2.31. The van der Waals surface area contributed by atoms with Crippen LogP contribution in [0.5, 0.6) is 5.75 Å². The maximum Gasteiger partial charge on any atom is 0.221 e. The zero-order chi connectivity index (χ0) is 13.0. The van der Waals surface area contributed by atoms with Crippen LogP contribution in [0.2, 0.25) is 0 Å². The number of benzene rings is 1. The Kier molecular flexibility index (Phi) is 3.88. The van der Waals surface area contributed by atoms with E-state index in [9.17, 15) is 0 Å². The lowest BCUT2D eigenvalue weighted by Gasteiger charge is -2.06. The Bertz CT molecular complexity index is 530. The Morgan fingerprint density at radius 2 is 1.94 bits per heavy atom. The fraction of sp³-hybridized carbons (Fsp3) is 0.167. The van der Waals surface area contributed by atoms with Gasteiger partial charge in [0, 0.05) is 11.1 Å². The van der Waals surface area contributed by atoms with E-state index in [2.05, 4.69) is 9.97 Å². The molecular weight excluding hydrogens is 248 g/mol. The molecule has 18 heavy (non-hydrogen) atoms. The van der Waals surface area contributed by atoms with Gasteiger partial charge in [-0.05, 0) is 31.2 Å². The van der Waals surface area contributed by atoms with Crippen LogP contribution in [0.4, 0.5) is 11.8 Å². The molecule has 0 fully saturated rings. The van der Waals surface area contributed by atoms with E-state index in [1.165, 1.54) is 11.8 Å². The molecule has 94 valence electrons. The molecule has 0 amide bonds. The van der Waals surface area contributed by atoms with Gasteiger partial charge in [0.1, 0.15) is 11.6 Å². The van der Waals surface area contributed by atoms with Crippen LogP contribution in [0.25, 0.3) is 0 Å². The number of anilines is 2. The number of hydrogen-bond donors (Lipinski definition) is 2. The van der Waals surface area contributed by atoms with Crippen molar-refractivity contribution < 1.29 is 4.74 Å². The second kappa shape index (κ2) is 5.59. The van der Waals surface area contributed by atoms with Gasteiger partial charge in [-0.3, -0.25) is 0 Å². The van der Waals surface area contributed by atoms with Gasteiger partial charge < -0.3 is 16.2 Å². The van der Waals surface area contributed by atoms with Gasteiger partial charge in [0.25, 0.3) is 0 Å². The number of rotatable bonds is 4. The molecule has 0 aliphatic carbocycles. The molecule has 0 bridgehead atoms. The van der Waals surface area contributed by atoms with E-state index in [4.69, 9.17) is 16.2 Å². The summed E-state index contributed by atoms with van der Waals surface area (Å²) in [5, 5.41) is 0. The van der Waals surface area contributed by atoms with Crippen molar-refractivity contribution >= 4 is 23.5 Å². The molecule has 1 aromatic heterocycles. The van der Waals surface area contributed by atoms with Gasteiger partial charge >= 0.3 is 0 Å². The third kappa shape index (κ3) is 3.04. The Morgan fingerprint density at radius 1 is 1.22 bits per heavy atom. The van der Waals surface area contributed by atoms with Crippen molar-refractivity contribution in [2.24, 2.45) is 0 Å². The minimum absolute atomic E-state index is 0.184. The molecule has 1 aromatic carbocycles. The molecule has 0 aliphatic rings. The maximum atomic E-state index is 5.77. The highest BCUT2D eigenvalue weighted by atomic mass is 32.2. The monoisotopic (exact) mass is 262 g/mol. The molecule has 6 heteroatoms. The van der Waals surface area contributed by atoms with Gasteiger partial charge in [0.2, 0.25) is 5.95 Å². The molecule has 0 radical (unpaired) electrons. The van der Waals surface area contributed by atoms with Crippen LogP contribution in [0.15, 0.2) is 40.3 Å². The Morgan fingerprint density at radius 3 is 2.56 bits per heavy atom. The van der Waals surface area contributed by atoms with E-state index in [0.717, 1.165) is 15.5 Å². The first-order valence-corrected chi connectivity index (χ1v) is 6.29. The molecule has 0 spiro atoms. The second-order valence-electron chi connectivity index (χ2n) is 3.48. The van der Waals surface area contributed by atoms with Crippen LogP contribution < -0.4 is 16.2 Å². The highest BCUT2D eigenvalue weighted by molar-refractivity contribution is 7.99. The zero-order valence-electron chi connectivity index (χ0n) is 9.96. The number of ether oxygens (including phenoxy) is 1. The van der Waals surface area contributed by atoms with E-state index in [-0.39, 0.29) is 5.95 Å². The van der Waals surface area contributed by atoms with E-state index < -0.39 is 0 Å². The molecule has 0 saturated heterocycles. The van der Waals surface area contributed by atoms with Crippen LogP contribution in [-0.4, -0.2) is 16.6 Å². The van der Waals surface area contributed by atoms with E-state index in [1.54, 1.807) is 6.20 Å². The van der Waals surface area contributed by atoms with Gasteiger partial charge in [0.15, 0.2) is 0 Å². The van der Waals surface area contributed by atoms with Gasteiger partial charge in [-0.15, -0.1) is 0 Å². The third-order valence-corrected chi connectivity index (χ3v) is 3.21. The van der Waals surface area contributed by atoms with Crippen LogP contribution in [0, 0.1) is 0 Å². The fourth-order valence-electron chi connectivity index (χ4n) is 1.37. The molecule has 5 nitrogen and oxygen atoms in total. The summed E-state index contributed by atoms with van der Waals surface area (Å²) in [6.45, 7) is 2.61. The molecule has 2 rings (SSSR count). The minimum atomic E-state index is 0.184.